The predicted octanol–water partition coefficient (Wildman–Crippen LogP) is 2.67. The molecule has 1 N–H and O–H groups in total. The lowest BCUT2D eigenvalue weighted by Crippen LogP contribution is -2.32. The van der Waals surface area contributed by atoms with Gasteiger partial charge < -0.3 is 10.1 Å². The largest absolute Gasteiger partial charge is 0.487 e. The maximum Gasteiger partial charge on any atom is 0.311 e. The van der Waals surface area contributed by atoms with Crippen LogP contribution in [-0.4, -0.2) is 23.5 Å². The lowest BCUT2D eigenvalue weighted by molar-refractivity contribution is -0.385. The average Bonchev–Trinajstić information content (AvgIpc) is 2.92. The van der Waals surface area contributed by atoms with Crippen LogP contribution >= 0.6 is 0 Å². The third-order valence-electron chi connectivity index (χ3n) is 3.41. The zero-order chi connectivity index (χ0) is 14.5. The summed E-state index contributed by atoms with van der Waals surface area (Å²) < 4.78 is 5.19. The van der Waals surface area contributed by atoms with Crippen LogP contribution in [-0.2, 0) is 0 Å². The topological polar surface area (TPSA) is 81.5 Å². The number of carbonyl (C=O) groups excluding carboxylic acids is 1. The average molecular weight is 278 g/mol. The quantitative estimate of drug-likeness (QED) is 0.663. The number of hydrogen-bond donors (Lipinski definition) is 1. The Kier molecular flexibility index (Phi) is 4.55. The molecule has 1 saturated carbocycles. The molecule has 1 aromatic carbocycles. The molecule has 0 saturated heterocycles. The summed E-state index contributed by atoms with van der Waals surface area (Å²) in [6, 6.07) is 4.50. The fraction of sp³-hybridized carbons (Fsp3) is 0.500. The molecule has 108 valence electrons. The maximum atomic E-state index is 12.1. The van der Waals surface area contributed by atoms with E-state index in [0.717, 1.165) is 25.7 Å². The zero-order valence-corrected chi connectivity index (χ0v) is 11.4. The number of nitro groups is 1. The molecule has 0 radical (unpaired) electrons. The number of hydrogen-bond acceptors (Lipinski definition) is 4. The van der Waals surface area contributed by atoms with Crippen LogP contribution in [0.2, 0.25) is 0 Å². The summed E-state index contributed by atoms with van der Waals surface area (Å²) in [5.74, 6) is -0.0713. The van der Waals surface area contributed by atoms with Crippen molar-refractivity contribution in [2.75, 3.05) is 6.61 Å². The fourth-order valence-electron chi connectivity index (χ4n) is 2.42. The van der Waals surface area contributed by atoms with E-state index in [1.54, 1.807) is 13.0 Å². The Hall–Kier alpha value is -2.11. The molecule has 0 aromatic heterocycles. The molecule has 6 heteroatoms. The molecule has 0 heterocycles. The number of carbonyl (C=O) groups is 1. The highest BCUT2D eigenvalue weighted by Gasteiger charge is 2.21. The van der Waals surface area contributed by atoms with Crippen molar-refractivity contribution in [3.8, 4) is 5.75 Å². The van der Waals surface area contributed by atoms with E-state index in [4.69, 9.17) is 4.74 Å². The second-order valence-electron chi connectivity index (χ2n) is 4.83. The standard InChI is InChI=1S/C14H18N2O4/c1-2-20-13-8-7-10(9-12(13)16(18)19)14(17)15-11-5-3-4-6-11/h7-9,11H,2-6H2,1H3,(H,15,17). The minimum atomic E-state index is -0.530. The number of nitrogens with one attached hydrogen (secondary N) is 1. The monoisotopic (exact) mass is 278 g/mol. The Morgan fingerprint density at radius 3 is 2.75 bits per heavy atom. The first-order valence-electron chi connectivity index (χ1n) is 6.84. The second kappa shape index (κ2) is 6.36. The number of ether oxygens (including phenoxy) is 1. The van der Waals surface area contributed by atoms with Crippen LogP contribution in [0, 0.1) is 10.1 Å². The molecule has 2 rings (SSSR count). The summed E-state index contributed by atoms with van der Waals surface area (Å²) >= 11 is 0. The van der Waals surface area contributed by atoms with E-state index in [2.05, 4.69) is 5.32 Å². The van der Waals surface area contributed by atoms with Crippen molar-refractivity contribution in [1.29, 1.82) is 0 Å². The van der Waals surface area contributed by atoms with Gasteiger partial charge in [-0.25, -0.2) is 0 Å². The molecule has 0 aliphatic heterocycles. The summed E-state index contributed by atoms with van der Waals surface area (Å²) in [4.78, 5) is 22.5. The molecule has 1 aliphatic rings. The molecule has 1 amide bonds. The van der Waals surface area contributed by atoms with Crippen molar-refractivity contribution < 1.29 is 14.5 Å². The number of benzene rings is 1. The molecular weight excluding hydrogens is 260 g/mol. The van der Waals surface area contributed by atoms with Crippen molar-refractivity contribution in [3.63, 3.8) is 0 Å². The summed E-state index contributed by atoms with van der Waals surface area (Å²) in [6.45, 7) is 2.10. The first-order valence-corrected chi connectivity index (χ1v) is 6.84. The van der Waals surface area contributed by atoms with E-state index < -0.39 is 4.92 Å². The second-order valence-corrected chi connectivity index (χ2v) is 4.83. The van der Waals surface area contributed by atoms with Crippen LogP contribution in [0.3, 0.4) is 0 Å². The summed E-state index contributed by atoms with van der Waals surface area (Å²) in [5.41, 5.74) is 0.123. The smallest absolute Gasteiger partial charge is 0.311 e. The molecule has 1 aliphatic carbocycles. The van der Waals surface area contributed by atoms with Gasteiger partial charge in [0.1, 0.15) is 0 Å². The van der Waals surface area contributed by atoms with Gasteiger partial charge in [0.15, 0.2) is 5.75 Å². The van der Waals surface area contributed by atoms with Gasteiger partial charge in [-0.15, -0.1) is 0 Å². The van der Waals surface area contributed by atoms with Crippen LogP contribution in [0.5, 0.6) is 5.75 Å². The van der Waals surface area contributed by atoms with Gasteiger partial charge in [0, 0.05) is 17.7 Å². The molecule has 1 aromatic rings. The highest BCUT2D eigenvalue weighted by atomic mass is 16.6. The van der Waals surface area contributed by atoms with Gasteiger partial charge in [0.2, 0.25) is 0 Å². The Balaban J connectivity index is 2.16. The third-order valence-corrected chi connectivity index (χ3v) is 3.41. The highest BCUT2D eigenvalue weighted by molar-refractivity contribution is 5.95. The Morgan fingerprint density at radius 2 is 2.15 bits per heavy atom. The van der Waals surface area contributed by atoms with Crippen molar-refractivity contribution in [2.24, 2.45) is 0 Å². The normalized spacial score (nSPS) is 15.1. The van der Waals surface area contributed by atoms with Gasteiger partial charge in [-0.05, 0) is 31.9 Å². The molecule has 1 fully saturated rings. The molecule has 0 spiro atoms. The van der Waals surface area contributed by atoms with Gasteiger partial charge in [-0.2, -0.15) is 0 Å². The SMILES string of the molecule is CCOc1ccc(C(=O)NC2CCCC2)cc1[N+](=O)[O-]. The lowest BCUT2D eigenvalue weighted by Gasteiger charge is -2.12. The highest BCUT2D eigenvalue weighted by Crippen LogP contribution is 2.28. The fourth-order valence-corrected chi connectivity index (χ4v) is 2.42. The third kappa shape index (κ3) is 3.26. The Morgan fingerprint density at radius 1 is 1.45 bits per heavy atom. The Labute approximate surface area is 117 Å². The Bertz CT molecular complexity index is 510. The van der Waals surface area contributed by atoms with Gasteiger partial charge in [-0.3, -0.25) is 14.9 Å². The van der Waals surface area contributed by atoms with E-state index in [0.29, 0.717) is 12.2 Å². The van der Waals surface area contributed by atoms with Crippen LogP contribution in [0.1, 0.15) is 43.0 Å². The van der Waals surface area contributed by atoms with Crippen LogP contribution in [0.4, 0.5) is 5.69 Å². The van der Waals surface area contributed by atoms with Crippen molar-refractivity contribution >= 4 is 11.6 Å². The molecule has 6 nitrogen and oxygen atoms in total. The van der Waals surface area contributed by atoms with E-state index >= 15 is 0 Å². The van der Waals surface area contributed by atoms with Crippen molar-refractivity contribution in [3.05, 3.63) is 33.9 Å². The first-order chi connectivity index (χ1) is 9.61. The maximum absolute atomic E-state index is 12.1. The van der Waals surface area contributed by atoms with Crippen molar-refractivity contribution in [2.45, 2.75) is 38.6 Å². The molecule has 0 unspecified atom stereocenters. The van der Waals surface area contributed by atoms with Gasteiger partial charge in [-0.1, -0.05) is 12.8 Å². The molecular formula is C14H18N2O4. The molecule has 20 heavy (non-hydrogen) atoms. The summed E-state index contributed by atoms with van der Waals surface area (Å²) in [7, 11) is 0. The zero-order valence-electron chi connectivity index (χ0n) is 11.4. The van der Waals surface area contributed by atoms with Gasteiger partial charge in [0.05, 0.1) is 11.5 Å². The van der Waals surface area contributed by atoms with Gasteiger partial charge >= 0.3 is 5.69 Å². The number of nitrogens with zero attached hydrogens (tertiary/aromatic N) is 1. The number of amides is 1. The molecule has 0 atom stereocenters. The predicted molar refractivity (Wildman–Crippen MR) is 74.0 cm³/mol. The van der Waals surface area contributed by atoms with Crippen LogP contribution < -0.4 is 10.1 Å². The summed E-state index contributed by atoms with van der Waals surface area (Å²) in [6.07, 6.45) is 4.19. The van der Waals surface area contributed by atoms with E-state index in [1.165, 1.54) is 12.1 Å². The van der Waals surface area contributed by atoms with E-state index in [9.17, 15) is 14.9 Å². The van der Waals surface area contributed by atoms with Crippen LogP contribution in [0.25, 0.3) is 0 Å². The van der Waals surface area contributed by atoms with Crippen molar-refractivity contribution in [1.82, 2.24) is 5.32 Å². The number of rotatable bonds is 5. The number of nitro benzene ring substituents is 1. The minimum Gasteiger partial charge on any atom is -0.487 e. The first kappa shape index (κ1) is 14.3. The van der Waals surface area contributed by atoms with E-state index in [-0.39, 0.29) is 23.4 Å². The van der Waals surface area contributed by atoms with Crippen LogP contribution in [0.15, 0.2) is 18.2 Å². The summed E-state index contributed by atoms with van der Waals surface area (Å²) in [5, 5.41) is 13.9. The van der Waals surface area contributed by atoms with Gasteiger partial charge in [0.25, 0.3) is 5.91 Å². The minimum absolute atomic E-state index is 0.175. The van der Waals surface area contributed by atoms with E-state index in [1.807, 2.05) is 0 Å². The lowest BCUT2D eigenvalue weighted by atomic mass is 10.1. The molecule has 0 bridgehead atoms.